The van der Waals surface area contributed by atoms with Crippen molar-refractivity contribution in [2.45, 2.75) is 191 Å². The molecule has 10 N–H and O–H groups in total. The first kappa shape index (κ1) is 48.4. The van der Waals surface area contributed by atoms with E-state index < -0.39 is 105 Å². The number of carbonyl (C=O) groups is 2. The molecule has 3 saturated carbocycles. The van der Waals surface area contributed by atoms with Gasteiger partial charge in [-0.15, -0.1) is 0 Å². The summed E-state index contributed by atoms with van der Waals surface area (Å²) in [5.74, 6) is 0.285. The Hall–Kier alpha value is -1.56. The maximum absolute atomic E-state index is 13.8. The van der Waals surface area contributed by atoms with Crippen molar-refractivity contribution in [3.05, 3.63) is 11.6 Å². The van der Waals surface area contributed by atoms with E-state index in [4.69, 9.17) is 28.4 Å². The summed E-state index contributed by atoms with van der Waals surface area (Å²) in [5.41, 5.74) is 0.717. The van der Waals surface area contributed by atoms with E-state index in [9.17, 15) is 60.7 Å². The second-order valence-corrected chi connectivity index (χ2v) is 20.0. The van der Waals surface area contributed by atoms with Crippen LogP contribution >= 0.6 is 0 Å². The molecule has 3 aliphatic heterocycles. The number of hydrogen-bond donors (Lipinski definition) is 10. The smallest absolute Gasteiger partial charge is 0.189 e. The summed E-state index contributed by atoms with van der Waals surface area (Å²) >= 11 is 0. The summed E-state index contributed by atoms with van der Waals surface area (Å²) in [6, 6.07) is 0. The molecule has 7 unspecified atom stereocenters. The first-order valence-corrected chi connectivity index (χ1v) is 22.6. The molecule has 0 bridgehead atoms. The molecule has 3 saturated heterocycles. The number of carbonyl (C=O) groups excluding carboxylic acids is 2. The standard InChI is InChI=1S/C44H70O18/c1-18(16-45)6-9-26(47)19(2)29-27(48)15-25-23-8-7-21-14-22(10-12-43(21,4)24(23)11-13-44(25,29)5)58-42-38(61-40-34(53)31(50)30(49)20(3)57-40)36(55)37(28(17-46)59-42)60-41-35(54)32(51)33(52)39(56)62-41/h7,18-20,22-25,28-42,45-46,49-56H,6,8-17H2,1-5H3/t18-,19-,20?,22?,23-,24+,25+,28?,29+,30+,31?,32?,33-,34+,35+,36?,37-,38+,39?,40+,41-,42-,43+,44+/m1/s1. The van der Waals surface area contributed by atoms with Crippen LogP contribution in [0.1, 0.15) is 92.4 Å². The minimum absolute atomic E-state index is 0.0234. The quantitative estimate of drug-likeness (QED) is 0.101. The predicted molar refractivity (Wildman–Crippen MR) is 213 cm³/mol. The molecule has 0 amide bonds. The lowest BCUT2D eigenvalue weighted by Gasteiger charge is -2.58. The fourth-order valence-corrected chi connectivity index (χ4v) is 12.3. The Kier molecular flexibility index (Phi) is 14.8. The van der Waals surface area contributed by atoms with Crippen molar-refractivity contribution in [2.24, 2.45) is 46.3 Å². The third-order valence-corrected chi connectivity index (χ3v) is 16.2. The fourth-order valence-electron chi connectivity index (χ4n) is 12.3. The van der Waals surface area contributed by atoms with Crippen LogP contribution in [-0.2, 0) is 38.0 Å². The van der Waals surface area contributed by atoms with Crippen LogP contribution in [0.4, 0.5) is 0 Å². The SMILES string of the molecule is CC1O[C@@H](O[C@H]2C(O)[C@H](O[C@@H]3OC(O)[C@H](O)C(O)[C@@H]3O)C(CO)O[C@H]2OC2CC[C@@]3(C)C(=CC[C@H]4[C@@H]5CC(=O)[C@H]([C@H](C)C(=O)CC[C@@H](C)CO)[C@@]5(C)CC[C@@H]43)C2)[C@@H](O)C(O)[C@H]1O. The van der Waals surface area contributed by atoms with Gasteiger partial charge in [-0.3, -0.25) is 9.59 Å². The highest BCUT2D eigenvalue weighted by atomic mass is 16.8. The maximum Gasteiger partial charge on any atom is 0.189 e. The molecular formula is C44H70O18. The van der Waals surface area contributed by atoms with Gasteiger partial charge in [0.2, 0.25) is 0 Å². The molecule has 0 aromatic heterocycles. The van der Waals surface area contributed by atoms with Gasteiger partial charge >= 0.3 is 0 Å². The summed E-state index contributed by atoms with van der Waals surface area (Å²) in [4.78, 5) is 27.2. The van der Waals surface area contributed by atoms with Gasteiger partial charge in [-0.1, -0.05) is 39.3 Å². The van der Waals surface area contributed by atoms with Crippen LogP contribution in [0.25, 0.3) is 0 Å². The van der Waals surface area contributed by atoms with E-state index in [1.165, 1.54) is 12.5 Å². The van der Waals surface area contributed by atoms with Gasteiger partial charge in [0.15, 0.2) is 25.2 Å². The van der Waals surface area contributed by atoms with Gasteiger partial charge in [0, 0.05) is 31.3 Å². The third-order valence-electron chi connectivity index (χ3n) is 16.2. The van der Waals surface area contributed by atoms with Crippen molar-refractivity contribution in [3.8, 4) is 0 Å². The lowest BCUT2D eigenvalue weighted by atomic mass is 9.47. The summed E-state index contributed by atoms with van der Waals surface area (Å²) in [6.07, 6.45) is -17.1. The van der Waals surface area contributed by atoms with Crippen molar-refractivity contribution in [1.29, 1.82) is 0 Å². The van der Waals surface area contributed by atoms with Crippen LogP contribution in [-0.4, -0.2) is 174 Å². The molecule has 3 heterocycles. The Morgan fingerprint density at radius 3 is 2.11 bits per heavy atom. The molecule has 0 radical (unpaired) electrons. The van der Waals surface area contributed by atoms with Crippen molar-refractivity contribution < 1.29 is 89.1 Å². The summed E-state index contributed by atoms with van der Waals surface area (Å²) in [6.45, 7) is 9.06. The van der Waals surface area contributed by atoms with Crippen molar-refractivity contribution in [2.75, 3.05) is 13.2 Å². The minimum atomic E-state index is -1.97. The Bertz CT molecular complexity index is 1610. The number of allylic oxidation sites excluding steroid dienone is 1. The van der Waals surface area contributed by atoms with Gasteiger partial charge in [-0.25, -0.2) is 0 Å². The zero-order chi connectivity index (χ0) is 45.2. The maximum atomic E-state index is 13.8. The van der Waals surface area contributed by atoms with Gasteiger partial charge < -0.3 is 79.5 Å². The Morgan fingerprint density at radius 1 is 0.774 bits per heavy atom. The largest absolute Gasteiger partial charge is 0.396 e. The Labute approximate surface area is 362 Å². The lowest BCUT2D eigenvalue weighted by Crippen LogP contribution is -2.66. The topological polar surface area (TPSA) is 292 Å². The van der Waals surface area contributed by atoms with E-state index in [0.29, 0.717) is 38.0 Å². The highest BCUT2D eigenvalue weighted by Gasteiger charge is 2.63. The molecular weight excluding hydrogens is 816 g/mol. The van der Waals surface area contributed by atoms with Crippen LogP contribution in [0, 0.1) is 46.3 Å². The van der Waals surface area contributed by atoms with Crippen LogP contribution in [0.5, 0.6) is 0 Å². The van der Waals surface area contributed by atoms with E-state index in [1.807, 2.05) is 13.8 Å². The van der Waals surface area contributed by atoms with Gasteiger partial charge in [-0.2, -0.15) is 0 Å². The molecule has 7 rings (SSSR count). The second-order valence-electron chi connectivity index (χ2n) is 20.0. The van der Waals surface area contributed by atoms with Crippen LogP contribution in [0.15, 0.2) is 11.6 Å². The normalized spacial score (nSPS) is 50.5. The molecule has 7 aliphatic rings. The zero-order valence-electron chi connectivity index (χ0n) is 36.3. The molecule has 24 atom stereocenters. The number of ketones is 2. The van der Waals surface area contributed by atoms with Crippen molar-refractivity contribution in [3.63, 3.8) is 0 Å². The molecule has 4 aliphatic carbocycles. The van der Waals surface area contributed by atoms with Crippen LogP contribution in [0.2, 0.25) is 0 Å². The first-order chi connectivity index (χ1) is 29.2. The zero-order valence-corrected chi connectivity index (χ0v) is 36.3. The molecule has 0 spiro atoms. The van der Waals surface area contributed by atoms with Crippen molar-refractivity contribution >= 4 is 11.6 Å². The molecule has 62 heavy (non-hydrogen) atoms. The number of fused-ring (bicyclic) bond motifs is 5. The van der Waals surface area contributed by atoms with E-state index >= 15 is 0 Å². The Balaban J connectivity index is 1.08. The minimum Gasteiger partial charge on any atom is -0.396 e. The summed E-state index contributed by atoms with van der Waals surface area (Å²) in [7, 11) is 0. The van der Waals surface area contributed by atoms with Gasteiger partial charge in [-0.05, 0) is 86.4 Å². The number of aliphatic hydroxyl groups excluding tert-OH is 10. The van der Waals surface area contributed by atoms with Gasteiger partial charge in [0.25, 0.3) is 0 Å². The average Bonchev–Trinajstić information content (AvgIpc) is 3.52. The van der Waals surface area contributed by atoms with E-state index in [-0.39, 0.29) is 58.6 Å². The molecule has 18 nitrogen and oxygen atoms in total. The number of aliphatic hydroxyl groups is 10. The molecule has 18 heteroatoms. The molecule has 354 valence electrons. The molecule has 0 aromatic rings. The fraction of sp³-hybridized carbons (Fsp3) is 0.909. The highest BCUT2D eigenvalue weighted by Crippen LogP contribution is 2.66. The summed E-state index contributed by atoms with van der Waals surface area (Å²) < 4.78 is 35.6. The monoisotopic (exact) mass is 886 g/mol. The number of rotatable bonds is 13. The number of ether oxygens (including phenoxy) is 6. The van der Waals surface area contributed by atoms with E-state index in [2.05, 4.69) is 19.9 Å². The molecule has 6 fully saturated rings. The lowest BCUT2D eigenvalue weighted by molar-refractivity contribution is -0.397. The number of Topliss-reactive ketones (excluding diaryl/α,β-unsaturated/α-hetero) is 2. The highest BCUT2D eigenvalue weighted by molar-refractivity contribution is 5.92. The first-order valence-electron chi connectivity index (χ1n) is 22.6. The van der Waals surface area contributed by atoms with E-state index in [1.54, 1.807) is 0 Å². The summed E-state index contributed by atoms with van der Waals surface area (Å²) in [5, 5.41) is 105. The van der Waals surface area contributed by atoms with Gasteiger partial charge in [0.05, 0.1) is 18.8 Å². The van der Waals surface area contributed by atoms with Crippen LogP contribution < -0.4 is 0 Å². The van der Waals surface area contributed by atoms with Crippen molar-refractivity contribution in [1.82, 2.24) is 0 Å². The second kappa shape index (κ2) is 19.0. The third kappa shape index (κ3) is 8.75. The predicted octanol–water partition coefficient (Wildman–Crippen LogP) is -0.823. The van der Waals surface area contributed by atoms with Crippen LogP contribution in [0.3, 0.4) is 0 Å². The average molecular weight is 887 g/mol. The molecule has 0 aromatic carbocycles. The number of hydrogen-bond acceptors (Lipinski definition) is 18. The van der Waals surface area contributed by atoms with E-state index in [0.717, 1.165) is 25.7 Å². The Morgan fingerprint density at radius 2 is 1.44 bits per heavy atom. The van der Waals surface area contributed by atoms with Gasteiger partial charge in [0.1, 0.15) is 72.6 Å².